The van der Waals surface area contributed by atoms with Crippen molar-refractivity contribution in [1.29, 1.82) is 0 Å². The first-order chi connectivity index (χ1) is 14.4. The van der Waals surface area contributed by atoms with Gasteiger partial charge in [-0.1, -0.05) is 84.5 Å². The Bertz CT molecular complexity index is 467. The number of Topliss-reactive ketones (excluding diaryl/α,β-unsaturated/α-hetero) is 1. The zero-order valence-corrected chi connectivity index (χ0v) is 19.3. The van der Waals surface area contributed by atoms with Gasteiger partial charge in [0.1, 0.15) is 6.04 Å². The number of unbranched alkanes of at least 4 members (excludes halogenated alkanes) is 11. The summed E-state index contributed by atoms with van der Waals surface area (Å²) in [5.41, 5.74) is 5.71. The van der Waals surface area contributed by atoms with Gasteiger partial charge in [-0.05, 0) is 25.7 Å². The Morgan fingerprint density at radius 1 is 0.733 bits per heavy atom. The number of rotatable bonds is 21. The lowest BCUT2D eigenvalue weighted by Crippen LogP contribution is -2.38. The largest absolute Gasteiger partial charge is 0.481 e. The van der Waals surface area contributed by atoms with E-state index >= 15 is 0 Å². The topological polar surface area (TPSA) is 107 Å². The summed E-state index contributed by atoms with van der Waals surface area (Å²) >= 11 is 0. The molecule has 30 heavy (non-hydrogen) atoms. The summed E-state index contributed by atoms with van der Waals surface area (Å²) in [6, 6.07) is -1.00. The smallest absolute Gasteiger partial charge is 0.323 e. The van der Waals surface area contributed by atoms with E-state index < -0.39 is 24.1 Å². The number of ketones is 1. The molecule has 0 aliphatic rings. The van der Waals surface area contributed by atoms with Crippen LogP contribution in [-0.2, 0) is 19.1 Å². The molecule has 2 unspecified atom stereocenters. The molecular formula is C24H45NO5. The standard InChI is InChI=1S/C24H45NO5/c1-3-5-7-8-9-10-11-12-13-14-15-16-21(26)22(17-6-4-2)30-24(29)20(25)18-19-23(27)28/h20,22H,3-19,25H2,1-2H3,(H,27,28). The molecule has 0 radical (unpaired) electrons. The lowest BCUT2D eigenvalue weighted by Gasteiger charge is -2.19. The summed E-state index contributed by atoms with van der Waals surface area (Å²) in [5, 5.41) is 8.70. The van der Waals surface area contributed by atoms with Crippen LogP contribution in [0.25, 0.3) is 0 Å². The summed E-state index contributed by atoms with van der Waals surface area (Å²) in [6.07, 6.45) is 15.1. The number of carboxylic acid groups (broad SMARTS) is 1. The van der Waals surface area contributed by atoms with Crippen LogP contribution in [0, 0.1) is 0 Å². The van der Waals surface area contributed by atoms with Crippen LogP contribution in [0.4, 0.5) is 0 Å². The molecule has 0 heterocycles. The number of ether oxygens (including phenoxy) is 1. The van der Waals surface area contributed by atoms with Gasteiger partial charge in [0.2, 0.25) is 0 Å². The molecule has 0 aromatic heterocycles. The minimum absolute atomic E-state index is 0.0153. The van der Waals surface area contributed by atoms with E-state index in [1.807, 2.05) is 6.92 Å². The fraction of sp³-hybridized carbons (Fsp3) is 0.875. The highest BCUT2D eigenvalue weighted by Gasteiger charge is 2.25. The van der Waals surface area contributed by atoms with Crippen LogP contribution in [0.1, 0.15) is 123 Å². The fourth-order valence-corrected chi connectivity index (χ4v) is 3.42. The van der Waals surface area contributed by atoms with Gasteiger partial charge in [-0.15, -0.1) is 0 Å². The molecule has 0 bridgehead atoms. The van der Waals surface area contributed by atoms with Crippen molar-refractivity contribution in [2.45, 2.75) is 135 Å². The van der Waals surface area contributed by atoms with Gasteiger partial charge in [-0.2, -0.15) is 0 Å². The molecule has 0 rings (SSSR count). The van der Waals surface area contributed by atoms with Crippen LogP contribution in [-0.4, -0.2) is 35.0 Å². The average molecular weight is 428 g/mol. The van der Waals surface area contributed by atoms with Crippen molar-refractivity contribution in [2.24, 2.45) is 5.73 Å². The minimum atomic E-state index is -1.01. The Hall–Kier alpha value is -1.43. The Morgan fingerprint density at radius 3 is 1.73 bits per heavy atom. The SMILES string of the molecule is CCCCCCCCCCCCCC(=O)C(CCCC)OC(=O)C(N)CCC(=O)O. The lowest BCUT2D eigenvalue weighted by atomic mass is 10.0. The van der Waals surface area contributed by atoms with Gasteiger partial charge >= 0.3 is 11.9 Å². The van der Waals surface area contributed by atoms with Crippen molar-refractivity contribution < 1.29 is 24.2 Å². The van der Waals surface area contributed by atoms with E-state index in [1.54, 1.807) is 0 Å². The average Bonchev–Trinajstić information content (AvgIpc) is 2.72. The summed E-state index contributed by atoms with van der Waals surface area (Å²) in [4.78, 5) is 35.2. The van der Waals surface area contributed by atoms with E-state index in [0.29, 0.717) is 12.8 Å². The van der Waals surface area contributed by atoms with Crippen molar-refractivity contribution in [1.82, 2.24) is 0 Å². The molecule has 0 aliphatic heterocycles. The molecule has 0 saturated carbocycles. The Labute approximate surface area is 183 Å². The van der Waals surface area contributed by atoms with E-state index in [-0.39, 0.29) is 18.6 Å². The number of carbonyl (C=O) groups is 3. The van der Waals surface area contributed by atoms with Crippen LogP contribution in [0.3, 0.4) is 0 Å². The Balaban J connectivity index is 4.06. The molecule has 3 N–H and O–H groups in total. The zero-order valence-electron chi connectivity index (χ0n) is 19.3. The van der Waals surface area contributed by atoms with Crippen LogP contribution in [0.5, 0.6) is 0 Å². The molecular weight excluding hydrogens is 382 g/mol. The molecule has 0 aromatic rings. The van der Waals surface area contributed by atoms with Gasteiger partial charge in [-0.3, -0.25) is 14.4 Å². The van der Waals surface area contributed by atoms with E-state index in [0.717, 1.165) is 32.1 Å². The van der Waals surface area contributed by atoms with E-state index in [4.69, 9.17) is 15.6 Å². The normalized spacial score (nSPS) is 13.0. The first-order valence-corrected chi connectivity index (χ1v) is 12.1. The second kappa shape index (κ2) is 19.5. The van der Waals surface area contributed by atoms with Gasteiger partial charge in [0, 0.05) is 12.8 Å². The monoisotopic (exact) mass is 427 g/mol. The zero-order chi connectivity index (χ0) is 22.6. The maximum Gasteiger partial charge on any atom is 0.323 e. The molecule has 6 heteroatoms. The van der Waals surface area contributed by atoms with Crippen molar-refractivity contribution in [3.8, 4) is 0 Å². The Kier molecular flexibility index (Phi) is 18.6. The highest BCUT2D eigenvalue weighted by atomic mass is 16.5. The van der Waals surface area contributed by atoms with Gasteiger partial charge in [-0.25, -0.2) is 0 Å². The van der Waals surface area contributed by atoms with Crippen LogP contribution in [0.15, 0.2) is 0 Å². The first kappa shape index (κ1) is 28.6. The molecule has 6 nitrogen and oxygen atoms in total. The highest BCUT2D eigenvalue weighted by molar-refractivity contribution is 5.86. The van der Waals surface area contributed by atoms with Gasteiger partial charge in [0.15, 0.2) is 11.9 Å². The van der Waals surface area contributed by atoms with Crippen LogP contribution < -0.4 is 5.73 Å². The number of hydrogen-bond donors (Lipinski definition) is 2. The van der Waals surface area contributed by atoms with E-state index in [2.05, 4.69) is 6.92 Å². The van der Waals surface area contributed by atoms with Crippen molar-refractivity contribution >= 4 is 17.7 Å². The van der Waals surface area contributed by atoms with Gasteiger partial charge in [0.05, 0.1) is 0 Å². The molecule has 176 valence electrons. The number of nitrogens with two attached hydrogens (primary N) is 1. The van der Waals surface area contributed by atoms with E-state index in [1.165, 1.54) is 51.4 Å². The van der Waals surface area contributed by atoms with Crippen LogP contribution >= 0.6 is 0 Å². The van der Waals surface area contributed by atoms with E-state index in [9.17, 15) is 14.4 Å². The minimum Gasteiger partial charge on any atom is -0.481 e. The second-order valence-electron chi connectivity index (χ2n) is 8.36. The number of hydrogen-bond acceptors (Lipinski definition) is 5. The van der Waals surface area contributed by atoms with Crippen LogP contribution in [0.2, 0.25) is 0 Å². The number of carbonyl (C=O) groups excluding carboxylic acids is 2. The fourth-order valence-electron chi connectivity index (χ4n) is 3.42. The summed E-state index contributed by atoms with van der Waals surface area (Å²) < 4.78 is 5.35. The molecule has 0 amide bonds. The molecule has 2 atom stereocenters. The van der Waals surface area contributed by atoms with Gasteiger partial charge in [0.25, 0.3) is 0 Å². The highest BCUT2D eigenvalue weighted by Crippen LogP contribution is 2.15. The quantitative estimate of drug-likeness (QED) is 0.184. The Morgan fingerprint density at radius 2 is 1.23 bits per heavy atom. The number of aliphatic carboxylic acids is 1. The third-order valence-electron chi connectivity index (χ3n) is 5.44. The molecule has 0 spiro atoms. The summed E-state index contributed by atoms with van der Waals surface area (Å²) in [6.45, 7) is 4.25. The van der Waals surface area contributed by atoms with Crippen molar-refractivity contribution in [2.75, 3.05) is 0 Å². The molecule has 0 aliphatic carbocycles. The number of esters is 1. The summed E-state index contributed by atoms with van der Waals surface area (Å²) in [5.74, 6) is -1.73. The lowest BCUT2D eigenvalue weighted by molar-refractivity contribution is -0.157. The van der Waals surface area contributed by atoms with Gasteiger partial charge < -0.3 is 15.6 Å². The predicted octanol–water partition coefficient (Wildman–Crippen LogP) is 5.55. The molecule has 0 fully saturated rings. The maximum absolute atomic E-state index is 12.5. The molecule has 0 saturated heterocycles. The van der Waals surface area contributed by atoms with Crippen molar-refractivity contribution in [3.63, 3.8) is 0 Å². The van der Waals surface area contributed by atoms with Crippen molar-refractivity contribution in [3.05, 3.63) is 0 Å². The number of carboxylic acids is 1. The third kappa shape index (κ3) is 16.4. The predicted molar refractivity (Wildman–Crippen MR) is 120 cm³/mol. The second-order valence-corrected chi connectivity index (χ2v) is 8.36. The third-order valence-corrected chi connectivity index (χ3v) is 5.44. The maximum atomic E-state index is 12.5. The first-order valence-electron chi connectivity index (χ1n) is 12.1. The summed E-state index contributed by atoms with van der Waals surface area (Å²) in [7, 11) is 0. The molecule has 0 aromatic carbocycles.